The molecule has 2 N–H and O–H groups in total. The van der Waals surface area contributed by atoms with Crippen LogP contribution >= 0.6 is 0 Å². The maximum Gasteiger partial charge on any atom is 0.224 e. The summed E-state index contributed by atoms with van der Waals surface area (Å²) in [5.41, 5.74) is 6.05. The second kappa shape index (κ2) is 6.44. The molecule has 0 fully saturated rings. The smallest absolute Gasteiger partial charge is 0.224 e. The third kappa shape index (κ3) is 4.67. The summed E-state index contributed by atoms with van der Waals surface area (Å²) in [4.78, 5) is 14.3. The highest BCUT2D eigenvalue weighted by Gasteiger charge is 2.27. The van der Waals surface area contributed by atoms with E-state index in [4.69, 9.17) is 10.2 Å². The van der Waals surface area contributed by atoms with Gasteiger partial charge in [0, 0.05) is 18.5 Å². The summed E-state index contributed by atoms with van der Waals surface area (Å²) in [6.45, 7) is 12.6. The number of hydrogen-bond acceptors (Lipinski definition) is 3. The van der Waals surface area contributed by atoms with Gasteiger partial charge in [0.25, 0.3) is 0 Å². The molecule has 0 spiro atoms. The maximum atomic E-state index is 12.5. The molecule has 0 saturated heterocycles. The highest BCUT2D eigenvalue weighted by atomic mass is 16.3. The number of nitrogens with two attached hydrogens (primary N) is 1. The van der Waals surface area contributed by atoms with Crippen molar-refractivity contribution in [3.63, 3.8) is 0 Å². The van der Waals surface area contributed by atoms with E-state index < -0.39 is 0 Å². The summed E-state index contributed by atoms with van der Waals surface area (Å²) < 4.78 is 5.56. The minimum Gasteiger partial charge on any atom is -0.464 e. The summed E-state index contributed by atoms with van der Waals surface area (Å²) >= 11 is 0. The lowest BCUT2D eigenvalue weighted by Gasteiger charge is -2.31. The van der Waals surface area contributed by atoms with Crippen LogP contribution in [0.4, 0.5) is 0 Å². The van der Waals surface area contributed by atoms with E-state index in [2.05, 4.69) is 20.8 Å². The van der Waals surface area contributed by atoms with Crippen LogP contribution in [0.5, 0.6) is 0 Å². The SMILES string of the molecule is Cc1ccc(CN(C(=O)CC(N)C(C)(C)C)C(C)C)o1. The third-order valence-electron chi connectivity index (χ3n) is 3.57. The van der Waals surface area contributed by atoms with Gasteiger partial charge in [0.15, 0.2) is 0 Å². The molecule has 1 unspecified atom stereocenters. The largest absolute Gasteiger partial charge is 0.464 e. The molecule has 0 radical (unpaired) electrons. The standard InChI is InChI=1S/C16H28N2O2/c1-11(2)18(10-13-8-7-12(3)20-13)15(19)9-14(17)16(4,5)6/h7-8,11,14H,9-10,17H2,1-6H3. The van der Waals surface area contributed by atoms with Crippen molar-refractivity contribution in [1.29, 1.82) is 0 Å². The van der Waals surface area contributed by atoms with Gasteiger partial charge in [0.1, 0.15) is 11.5 Å². The Bertz CT molecular complexity index is 444. The molecular weight excluding hydrogens is 252 g/mol. The van der Waals surface area contributed by atoms with Crippen molar-refractivity contribution in [2.75, 3.05) is 0 Å². The van der Waals surface area contributed by atoms with Gasteiger partial charge >= 0.3 is 0 Å². The van der Waals surface area contributed by atoms with Crippen molar-refractivity contribution in [1.82, 2.24) is 4.90 Å². The van der Waals surface area contributed by atoms with E-state index in [1.54, 1.807) is 0 Å². The van der Waals surface area contributed by atoms with Crippen LogP contribution in [-0.4, -0.2) is 22.9 Å². The van der Waals surface area contributed by atoms with Crippen LogP contribution in [0, 0.1) is 12.3 Å². The first-order chi connectivity index (χ1) is 9.11. The maximum absolute atomic E-state index is 12.5. The topological polar surface area (TPSA) is 59.5 Å². The average Bonchev–Trinajstić information content (AvgIpc) is 2.69. The zero-order chi connectivity index (χ0) is 15.5. The van der Waals surface area contributed by atoms with Crippen LogP contribution in [0.15, 0.2) is 16.5 Å². The molecule has 0 aliphatic rings. The van der Waals surface area contributed by atoms with E-state index >= 15 is 0 Å². The van der Waals surface area contributed by atoms with Gasteiger partial charge < -0.3 is 15.1 Å². The zero-order valence-electron chi connectivity index (χ0n) is 13.6. The van der Waals surface area contributed by atoms with Gasteiger partial charge in [-0.3, -0.25) is 4.79 Å². The van der Waals surface area contributed by atoms with E-state index in [1.807, 2.05) is 37.8 Å². The normalized spacial score (nSPS) is 13.6. The number of aryl methyl sites for hydroxylation is 1. The molecule has 0 aliphatic heterocycles. The van der Waals surface area contributed by atoms with Crippen LogP contribution in [0.3, 0.4) is 0 Å². The van der Waals surface area contributed by atoms with Crippen molar-refractivity contribution in [2.45, 2.75) is 66.6 Å². The fraction of sp³-hybridized carbons (Fsp3) is 0.688. The number of nitrogens with zero attached hydrogens (tertiary/aromatic N) is 1. The third-order valence-corrected chi connectivity index (χ3v) is 3.57. The second-order valence-corrected chi connectivity index (χ2v) is 6.80. The minimum atomic E-state index is -0.144. The molecule has 20 heavy (non-hydrogen) atoms. The first-order valence-electron chi connectivity index (χ1n) is 7.21. The molecule has 1 rings (SSSR count). The van der Waals surface area contributed by atoms with Crippen LogP contribution in [0.25, 0.3) is 0 Å². The monoisotopic (exact) mass is 280 g/mol. The molecule has 1 atom stereocenters. The van der Waals surface area contributed by atoms with Gasteiger partial charge in [-0.05, 0) is 38.3 Å². The molecule has 114 valence electrons. The summed E-state index contributed by atoms with van der Waals surface area (Å²) in [6, 6.07) is 3.82. The molecule has 0 aromatic carbocycles. The first-order valence-corrected chi connectivity index (χ1v) is 7.21. The Balaban J connectivity index is 2.73. The molecular formula is C16H28N2O2. The fourth-order valence-corrected chi connectivity index (χ4v) is 1.91. The average molecular weight is 280 g/mol. The molecule has 0 bridgehead atoms. The number of hydrogen-bond donors (Lipinski definition) is 1. The Morgan fingerprint density at radius 1 is 1.35 bits per heavy atom. The molecule has 0 saturated carbocycles. The molecule has 1 amide bonds. The van der Waals surface area contributed by atoms with Gasteiger partial charge in [-0.1, -0.05) is 20.8 Å². The molecule has 1 aromatic heterocycles. The van der Waals surface area contributed by atoms with E-state index in [-0.39, 0.29) is 23.4 Å². The summed E-state index contributed by atoms with van der Waals surface area (Å²) in [5, 5.41) is 0. The van der Waals surface area contributed by atoms with Crippen molar-refractivity contribution in [3.8, 4) is 0 Å². The lowest BCUT2D eigenvalue weighted by atomic mass is 9.85. The number of carbonyl (C=O) groups is 1. The van der Waals surface area contributed by atoms with Crippen molar-refractivity contribution in [2.24, 2.45) is 11.1 Å². The lowest BCUT2D eigenvalue weighted by Crippen LogP contribution is -2.43. The lowest BCUT2D eigenvalue weighted by molar-refractivity contribution is -0.134. The fourth-order valence-electron chi connectivity index (χ4n) is 1.91. The molecule has 0 aliphatic carbocycles. The number of amides is 1. The second-order valence-electron chi connectivity index (χ2n) is 6.80. The summed E-state index contributed by atoms with van der Waals surface area (Å²) in [5.74, 6) is 1.76. The van der Waals surface area contributed by atoms with Crippen molar-refractivity contribution < 1.29 is 9.21 Å². The molecule has 4 heteroatoms. The first kappa shape index (κ1) is 16.8. The Hall–Kier alpha value is -1.29. The van der Waals surface area contributed by atoms with Gasteiger partial charge in [-0.25, -0.2) is 0 Å². The van der Waals surface area contributed by atoms with Crippen LogP contribution in [0.1, 0.15) is 52.6 Å². The highest BCUT2D eigenvalue weighted by Crippen LogP contribution is 2.21. The molecule has 1 heterocycles. The number of rotatable bonds is 5. The van der Waals surface area contributed by atoms with E-state index in [9.17, 15) is 4.79 Å². The Morgan fingerprint density at radius 3 is 2.35 bits per heavy atom. The predicted octanol–water partition coefficient (Wildman–Crippen LogP) is 3.09. The van der Waals surface area contributed by atoms with Crippen LogP contribution in [0.2, 0.25) is 0 Å². The van der Waals surface area contributed by atoms with E-state index in [0.717, 1.165) is 11.5 Å². The number of carbonyl (C=O) groups excluding carboxylic acids is 1. The van der Waals surface area contributed by atoms with Crippen molar-refractivity contribution in [3.05, 3.63) is 23.7 Å². The van der Waals surface area contributed by atoms with Crippen LogP contribution in [-0.2, 0) is 11.3 Å². The van der Waals surface area contributed by atoms with E-state index in [1.165, 1.54) is 0 Å². The Labute approximate surface area is 122 Å². The zero-order valence-corrected chi connectivity index (χ0v) is 13.6. The minimum absolute atomic E-state index is 0.0699. The predicted molar refractivity (Wildman–Crippen MR) is 81.2 cm³/mol. The van der Waals surface area contributed by atoms with Gasteiger partial charge in [-0.15, -0.1) is 0 Å². The Kier molecular flexibility index (Phi) is 5.40. The quantitative estimate of drug-likeness (QED) is 0.901. The Morgan fingerprint density at radius 2 is 1.95 bits per heavy atom. The summed E-state index contributed by atoms with van der Waals surface area (Å²) in [6.07, 6.45) is 0.362. The highest BCUT2D eigenvalue weighted by molar-refractivity contribution is 5.77. The van der Waals surface area contributed by atoms with Crippen molar-refractivity contribution >= 4 is 5.91 Å². The van der Waals surface area contributed by atoms with Gasteiger partial charge in [0.05, 0.1) is 6.54 Å². The van der Waals surface area contributed by atoms with Gasteiger partial charge in [-0.2, -0.15) is 0 Å². The molecule has 1 aromatic rings. The van der Waals surface area contributed by atoms with E-state index in [0.29, 0.717) is 13.0 Å². The van der Waals surface area contributed by atoms with Gasteiger partial charge in [0.2, 0.25) is 5.91 Å². The summed E-state index contributed by atoms with van der Waals surface area (Å²) in [7, 11) is 0. The molecule has 4 nitrogen and oxygen atoms in total. The van der Waals surface area contributed by atoms with Crippen LogP contribution < -0.4 is 5.73 Å². The number of furan rings is 1.